The Morgan fingerprint density at radius 1 is 1.00 bits per heavy atom. The van der Waals surface area contributed by atoms with Crippen LogP contribution < -0.4 is 0 Å². The van der Waals surface area contributed by atoms with Crippen LogP contribution in [0.25, 0.3) is 0 Å². The largest absolute Gasteiger partial charge is 0.204 e. The van der Waals surface area contributed by atoms with Gasteiger partial charge in [-0.1, -0.05) is 45.8 Å². The summed E-state index contributed by atoms with van der Waals surface area (Å²) in [6, 6.07) is 10.3. The number of benzene rings is 2. The highest BCUT2D eigenvalue weighted by molar-refractivity contribution is 9.09. The van der Waals surface area contributed by atoms with Gasteiger partial charge in [-0.05, 0) is 49.1 Å². The second-order valence-corrected chi connectivity index (χ2v) is 5.89. The van der Waals surface area contributed by atoms with Crippen LogP contribution in [0.2, 0.25) is 0 Å². The maximum Gasteiger partial charge on any atom is 0.159 e. The first-order valence-corrected chi connectivity index (χ1v) is 7.04. The Balaban J connectivity index is 2.22. The second-order valence-electron chi connectivity index (χ2n) is 4.78. The van der Waals surface area contributed by atoms with Crippen LogP contribution >= 0.6 is 15.9 Å². The molecule has 3 heteroatoms. The Bertz CT molecular complexity index is 593. The molecule has 0 heterocycles. The highest BCUT2D eigenvalue weighted by Gasteiger charge is 2.12. The lowest BCUT2D eigenvalue weighted by atomic mass is 9.98. The topological polar surface area (TPSA) is 0 Å². The van der Waals surface area contributed by atoms with Crippen molar-refractivity contribution < 1.29 is 8.78 Å². The highest BCUT2D eigenvalue weighted by atomic mass is 79.9. The Morgan fingerprint density at radius 2 is 1.74 bits per heavy atom. The van der Waals surface area contributed by atoms with E-state index in [9.17, 15) is 8.78 Å². The van der Waals surface area contributed by atoms with Crippen molar-refractivity contribution in [2.45, 2.75) is 25.1 Å². The number of halogens is 3. The standard InChI is InChI=1S/C16H15BrF2/c1-10-3-4-11(2)13(7-10)14(17)8-12-5-6-15(18)16(19)9-12/h3-7,9,14H,8H2,1-2H3. The van der Waals surface area contributed by atoms with Gasteiger partial charge in [0.25, 0.3) is 0 Å². The number of hydrogen-bond donors (Lipinski definition) is 0. The minimum Gasteiger partial charge on any atom is -0.204 e. The number of rotatable bonds is 3. The summed E-state index contributed by atoms with van der Waals surface area (Å²) in [5.41, 5.74) is 4.34. The van der Waals surface area contributed by atoms with Crippen LogP contribution in [-0.4, -0.2) is 0 Å². The number of aryl methyl sites for hydroxylation is 2. The van der Waals surface area contributed by atoms with Gasteiger partial charge in [0.15, 0.2) is 11.6 Å². The molecule has 0 bridgehead atoms. The summed E-state index contributed by atoms with van der Waals surface area (Å²) in [5, 5.41) is 0. The number of alkyl halides is 1. The van der Waals surface area contributed by atoms with Gasteiger partial charge in [-0.3, -0.25) is 0 Å². The van der Waals surface area contributed by atoms with Gasteiger partial charge in [-0.15, -0.1) is 0 Å². The van der Waals surface area contributed by atoms with Crippen LogP contribution in [0.5, 0.6) is 0 Å². The Kier molecular flexibility index (Phi) is 4.35. The summed E-state index contributed by atoms with van der Waals surface area (Å²) in [4.78, 5) is 0.0947. The van der Waals surface area contributed by atoms with Gasteiger partial charge >= 0.3 is 0 Å². The van der Waals surface area contributed by atoms with Gasteiger partial charge in [0, 0.05) is 4.83 Å². The molecule has 0 amide bonds. The highest BCUT2D eigenvalue weighted by Crippen LogP contribution is 2.30. The predicted octanol–water partition coefficient (Wildman–Crippen LogP) is 5.26. The third-order valence-corrected chi connectivity index (χ3v) is 3.99. The molecule has 0 aliphatic heterocycles. The van der Waals surface area contributed by atoms with Crippen molar-refractivity contribution in [2.75, 3.05) is 0 Å². The van der Waals surface area contributed by atoms with Crippen molar-refractivity contribution in [1.82, 2.24) is 0 Å². The van der Waals surface area contributed by atoms with Gasteiger partial charge in [-0.25, -0.2) is 8.78 Å². The van der Waals surface area contributed by atoms with E-state index in [0.29, 0.717) is 6.42 Å². The fourth-order valence-electron chi connectivity index (χ4n) is 2.08. The molecule has 1 unspecified atom stereocenters. The molecule has 19 heavy (non-hydrogen) atoms. The molecular weight excluding hydrogens is 310 g/mol. The lowest BCUT2D eigenvalue weighted by Crippen LogP contribution is -1.99. The molecule has 0 aliphatic carbocycles. The molecule has 0 radical (unpaired) electrons. The molecule has 0 saturated carbocycles. The molecule has 0 spiro atoms. The van der Waals surface area contributed by atoms with Crippen LogP contribution in [0.15, 0.2) is 36.4 Å². The molecule has 0 aromatic heterocycles. The molecule has 1 atom stereocenters. The van der Waals surface area contributed by atoms with Gasteiger partial charge < -0.3 is 0 Å². The molecule has 0 saturated heterocycles. The van der Waals surface area contributed by atoms with Crippen LogP contribution in [0, 0.1) is 25.5 Å². The molecule has 2 aromatic rings. The van der Waals surface area contributed by atoms with Crippen molar-refractivity contribution in [2.24, 2.45) is 0 Å². The Morgan fingerprint density at radius 3 is 2.42 bits per heavy atom. The van der Waals surface area contributed by atoms with Crippen LogP contribution in [0.4, 0.5) is 8.78 Å². The first kappa shape index (κ1) is 14.2. The van der Waals surface area contributed by atoms with E-state index in [0.717, 1.165) is 5.56 Å². The molecule has 0 aliphatic rings. The molecular formula is C16H15BrF2. The van der Waals surface area contributed by atoms with Gasteiger partial charge in [0.05, 0.1) is 0 Å². The van der Waals surface area contributed by atoms with E-state index in [1.54, 1.807) is 6.07 Å². The van der Waals surface area contributed by atoms with Crippen molar-refractivity contribution in [3.05, 3.63) is 70.3 Å². The first-order chi connectivity index (χ1) is 8.97. The summed E-state index contributed by atoms with van der Waals surface area (Å²) < 4.78 is 26.1. The van der Waals surface area contributed by atoms with Crippen molar-refractivity contribution in [3.8, 4) is 0 Å². The van der Waals surface area contributed by atoms with Gasteiger partial charge in [-0.2, -0.15) is 0 Å². The third kappa shape index (κ3) is 3.41. The van der Waals surface area contributed by atoms with E-state index in [1.807, 2.05) is 13.8 Å². The average Bonchev–Trinajstić information content (AvgIpc) is 2.36. The smallest absolute Gasteiger partial charge is 0.159 e. The minimum absolute atomic E-state index is 0.0947. The van der Waals surface area contributed by atoms with Crippen molar-refractivity contribution in [3.63, 3.8) is 0 Å². The van der Waals surface area contributed by atoms with E-state index < -0.39 is 11.6 Å². The van der Waals surface area contributed by atoms with Crippen molar-refractivity contribution >= 4 is 15.9 Å². The fourth-order valence-corrected chi connectivity index (χ4v) is 2.95. The third-order valence-electron chi connectivity index (χ3n) is 3.17. The molecule has 2 aromatic carbocycles. The Labute approximate surface area is 120 Å². The van der Waals surface area contributed by atoms with E-state index in [2.05, 4.69) is 34.1 Å². The molecule has 0 N–H and O–H groups in total. The lowest BCUT2D eigenvalue weighted by molar-refractivity contribution is 0.507. The van der Waals surface area contributed by atoms with E-state index in [-0.39, 0.29) is 4.83 Å². The fraction of sp³-hybridized carbons (Fsp3) is 0.250. The molecule has 0 nitrogen and oxygen atoms in total. The summed E-state index contributed by atoms with van der Waals surface area (Å²) in [6.07, 6.45) is 0.626. The van der Waals surface area contributed by atoms with Gasteiger partial charge in [0.1, 0.15) is 0 Å². The first-order valence-electron chi connectivity index (χ1n) is 6.12. The predicted molar refractivity (Wildman–Crippen MR) is 77.6 cm³/mol. The zero-order valence-corrected chi connectivity index (χ0v) is 12.5. The Hall–Kier alpha value is -1.22. The minimum atomic E-state index is -0.804. The van der Waals surface area contributed by atoms with Crippen LogP contribution in [-0.2, 0) is 6.42 Å². The maximum absolute atomic E-state index is 13.2. The average molecular weight is 325 g/mol. The van der Waals surface area contributed by atoms with E-state index >= 15 is 0 Å². The monoisotopic (exact) mass is 324 g/mol. The van der Waals surface area contributed by atoms with E-state index in [4.69, 9.17) is 0 Å². The maximum atomic E-state index is 13.2. The summed E-state index contributed by atoms with van der Waals surface area (Å²) in [7, 11) is 0. The normalized spacial score (nSPS) is 12.5. The molecule has 0 fully saturated rings. The SMILES string of the molecule is Cc1ccc(C)c(C(Br)Cc2ccc(F)c(F)c2)c1. The quantitative estimate of drug-likeness (QED) is 0.675. The van der Waals surface area contributed by atoms with E-state index in [1.165, 1.54) is 28.8 Å². The van der Waals surface area contributed by atoms with Gasteiger partial charge in [0.2, 0.25) is 0 Å². The summed E-state index contributed by atoms with van der Waals surface area (Å²) in [5.74, 6) is -1.60. The number of hydrogen-bond acceptors (Lipinski definition) is 0. The molecule has 100 valence electrons. The van der Waals surface area contributed by atoms with Crippen LogP contribution in [0.3, 0.4) is 0 Å². The van der Waals surface area contributed by atoms with Crippen LogP contribution in [0.1, 0.15) is 27.1 Å². The second kappa shape index (κ2) is 5.83. The zero-order valence-electron chi connectivity index (χ0n) is 10.9. The summed E-state index contributed by atoms with van der Waals surface area (Å²) >= 11 is 3.63. The lowest BCUT2D eigenvalue weighted by Gasteiger charge is -2.14. The summed E-state index contributed by atoms with van der Waals surface area (Å²) in [6.45, 7) is 4.09. The van der Waals surface area contributed by atoms with Crippen molar-refractivity contribution in [1.29, 1.82) is 0 Å². The molecule has 2 rings (SSSR count). The zero-order chi connectivity index (χ0) is 14.0.